The summed E-state index contributed by atoms with van der Waals surface area (Å²) in [7, 11) is 0. The number of rotatable bonds is 3. The van der Waals surface area contributed by atoms with Gasteiger partial charge in [-0.15, -0.1) is 0 Å². The van der Waals surface area contributed by atoms with E-state index >= 15 is 0 Å². The average molecular weight is 388 g/mol. The Hall–Kier alpha value is -2.48. The Bertz CT molecular complexity index is 846. The van der Waals surface area contributed by atoms with Crippen LogP contribution in [0, 0.1) is 5.82 Å². The first-order valence-corrected chi connectivity index (χ1v) is 10.0. The summed E-state index contributed by atoms with van der Waals surface area (Å²) in [6.07, 6.45) is 5.03. The fraction of sp³-hybridized carbons (Fsp3) is 0.421. The number of hydrogen-bond acceptors (Lipinski definition) is 4. The normalized spacial score (nSPS) is 16.9. The van der Waals surface area contributed by atoms with Crippen LogP contribution in [0.4, 0.5) is 14.3 Å². The van der Waals surface area contributed by atoms with Crippen molar-refractivity contribution >= 4 is 28.4 Å². The fourth-order valence-corrected chi connectivity index (χ4v) is 4.60. The molecule has 1 aromatic carbocycles. The van der Waals surface area contributed by atoms with Crippen LogP contribution in [-0.2, 0) is 13.0 Å². The van der Waals surface area contributed by atoms with Crippen LogP contribution in [0.1, 0.15) is 46.6 Å². The van der Waals surface area contributed by atoms with Crippen LogP contribution in [0.15, 0.2) is 24.3 Å². The molecule has 1 fully saturated rings. The van der Waals surface area contributed by atoms with E-state index in [9.17, 15) is 14.0 Å². The van der Waals surface area contributed by atoms with Gasteiger partial charge in [0.15, 0.2) is 5.13 Å². The van der Waals surface area contributed by atoms with Gasteiger partial charge in [-0.2, -0.15) is 0 Å². The number of carbonyl (C=O) groups excluding carboxylic acids is 2. The van der Waals surface area contributed by atoms with E-state index in [-0.39, 0.29) is 23.8 Å². The summed E-state index contributed by atoms with van der Waals surface area (Å²) in [5.41, 5.74) is 1.40. The monoisotopic (exact) mass is 388 g/mol. The summed E-state index contributed by atoms with van der Waals surface area (Å²) < 4.78 is 13.1. The summed E-state index contributed by atoms with van der Waals surface area (Å²) in [4.78, 5) is 31.9. The molecular formula is C19H21FN4O2S. The zero-order valence-corrected chi connectivity index (χ0v) is 15.7. The molecule has 1 aliphatic carbocycles. The highest BCUT2D eigenvalue weighted by Crippen LogP contribution is 2.29. The lowest BCUT2D eigenvalue weighted by Gasteiger charge is -2.26. The molecule has 2 heterocycles. The molecule has 8 heteroatoms. The molecule has 1 aromatic heterocycles. The van der Waals surface area contributed by atoms with Crippen LogP contribution >= 0.6 is 11.3 Å². The van der Waals surface area contributed by atoms with Gasteiger partial charge in [0, 0.05) is 29.4 Å². The van der Waals surface area contributed by atoms with Crippen LogP contribution in [0.25, 0.3) is 0 Å². The summed E-state index contributed by atoms with van der Waals surface area (Å²) in [5, 5.41) is 6.36. The maximum atomic E-state index is 13.1. The van der Waals surface area contributed by atoms with Crippen molar-refractivity contribution in [3.63, 3.8) is 0 Å². The van der Waals surface area contributed by atoms with E-state index in [1.807, 2.05) is 0 Å². The molecule has 0 saturated heterocycles. The van der Waals surface area contributed by atoms with Crippen LogP contribution in [0.3, 0.4) is 0 Å². The van der Waals surface area contributed by atoms with Gasteiger partial charge in [-0.25, -0.2) is 14.2 Å². The minimum absolute atomic E-state index is 0.123. The summed E-state index contributed by atoms with van der Waals surface area (Å²) in [5.74, 6) is -0.482. The molecule has 0 unspecified atom stereocenters. The molecule has 0 atom stereocenters. The van der Waals surface area contributed by atoms with Gasteiger partial charge in [-0.3, -0.25) is 10.1 Å². The number of hydrogen-bond donors (Lipinski definition) is 2. The van der Waals surface area contributed by atoms with Crippen LogP contribution in [0.5, 0.6) is 0 Å². The minimum Gasteiger partial charge on any atom is -0.335 e. The van der Waals surface area contributed by atoms with Crippen molar-refractivity contribution in [3.8, 4) is 0 Å². The SMILES string of the molecule is O=C(Nc1nc2c(s1)CN(C(=O)c1ccc(F)cc1)CC2)NC1CCCC1. The van der Waals surface area contributed by atoms with Crippen molar-refractivity contribution in [2.24, 2.45) is 0 Å². The van der Waals surface area contributed by atoms with E-state index in [1.54, 1.807) is 4.90 Å². The van der Waals surface area contributed by atoms with E-state index in [0.29, 0.717) is 30.2 Å². The molecule has 4 rings (SSSR count). The largest absolute Gasteiger partial charge is 0.335 e. The van der Waals surface area contributed by atoms with Crippen molar-refractivity contribution < 1.29 is 14.0 Å². The Labute approximate surface area is 160 Å². The number of anilines is 1. The maximum absolute atomic E-state index is 13.1. The standard InChI is InChI=1S/C19H21FN4O2S/c20-13-7-5-12(6-8-13)17(25)24-10-9-15-16(11-24)27-19(22-15)23-18(26)21-14-3-1-2-4-14/h5-8,14H,1-4,9-11H2,(H2,21,22,23,26). The number of carbonyl (C=O) groups is 2. The van der Waals surface area contributed by atoms with Gasteiger partial charge in [-0.1, -0.05) is 24.2 Å². The van der Waals surface area contributed by atoms with E-state index < -0.39 is 0 Å². The van der Waals surface area contributed by atoms with Gasteiger partial charge in [0.05, 0.1) is 12.2 Å². The molecule has 2 aliphatic rings. The second-order valence-corrected chi connectivity index (χ2v) is 8.04. The Morgan fingerprint density at radius 1 is 1.19 bits per heavy atom. The second-order valence-electron chi connectivity index (χ2n) is 6.95. The molecule has 27 heavy (non-hydrogen) atoms. The zero-order valence-electron chi connectivity index (χ0n) is 14.8. The van der Waals surface area contributed by atoms with Crippen molar-refractivity contribution in [2.45, 2.75) is 44.7 Å². The third-order valence-electron chi connectivity index (χ3n) is 5.02. The molecule has 2 aromatic rings. The number of aromatic nitrogens is 1. The summed E-state index contributed by atoms with van der Waals surface area (Å²) >= 11 is 1.40. The third-order valence-corrected chi connectivity index (χ3v) is 6.02. The predicted octanol–water partition coefficient (Wildman–Crippen LogP) is 3.54. The summed E-state index contributed by atoms with van der Waals surface area (Å²) in [6.45, 7) is 1.01. The predicted molar refractivity (Wildman–Crippen MR) is 101 cm³/mol. The van der Waals surface area contributed by atoms with E-state index in [2.05, 4.69) is 15.6 Å². The lowest BCUT2D eigenvalue weighted by atomic mass is 10.1. The average Bonchev–Trinajstić information content (AvgIpc) is 3.30. The molecule has 3 amide bonds. The highest BCUT2D eigenvalue weighted by Gasteiger charge is 2.25. The second kappa shape index (κ2) is 7.64. The van der Waals surface area contributed by atoms with Crippen LogP contribution in [-0.4, -0.2) is 34.4 Å². The molecular weight excluding hydrogens is 367 g/mol. The molecule has 6 nitrogen and oxygen atoms in total. The lowest BCUT2D eigenvalue weighted by Crippen LogP contribution is -2.36. The first kappa shape index (κ1) is 17.9. The number of urea groups is 1. The van der Waals surface area contributed by atoms with Crippen molar-refractivity contribution in [1.29, 1.82) is 0 Å². The topological polar surface area (TPSA) is 74.3 Å². The highest BCUT2D eigenvalue weighted by atomic mass is 32.1. The molecule has 0 radical (unpaired) electrons. The molecule has 1 saturated carbocycles. The lowest BCUT2D eigenvalue weighted by molar-refractivity contribution is 0.0736. The van der Waals surface area contributed by atoms with Gasteiger partial charge in [0.2, 0.25) is 0 Å². The van der Waals surface area contributed by atoms with Gasteiger partial charge in [0.25, 0.3) is 5.91 Å². The Morgan fingerprint density at radius 2 is 1.93 bits per heavy atom. The number of benzene rings is 1. The van der Waals surface area contributed by atoms with E-state index in [1.165, 1.54) is 35.6 Å². The first-order valence-electron chi connectivity index (χ1n) is 9.19. The molecule has 2 N–H and O–H groups in total. The smallest absolute Gasteiger partial charge is 0.321 e. The number of halogens is 1. The maximum Gasteiger partial charge on any atom is 0.321 e. The number of fused-ring (bicyclic) bond motifs is 1. The Morgan fingerprint density at radius 3 is 2.67 bits per heavy atom. The van der Waals surface area contributed by atoms with Gasteiger partial charge >= 0.3 is 6.03 Å². The van der Waals surface area contributed by atoms with Gasteiger partial charge in [0.1, 0.15) is 5.82 Å². The highest BCUT2D eigenvalue weighted by molar-refractivity contribution is 7.15. The van der Waals surface area contributed by atoms with Crippen LogP contribution in [0.2, 0.25) is 0 Å². The zero-order chi connectivity index (χ0) is 18.8. The number of amides is 3. The molecule has 0 bridgehead atoms. The van der Waals surface area contributed by atoms with E-state index in [4.69, 9.17) is 0 Å². The third kappa shape index (κ3) is 4.10. The van der Waals surface area contributed by atoms with E-state index in [0.717, 1.165) is 36.3 Å². The van der Waals surface area contributed by atoms with Crippen molar-refractivity contribution in [2.75, 3.05) is 11.9 Å². The van der Waals surface area contributed by atoms with Gasteiger partial charge in [-0.05, 0) is 37.1 Å². The quantitative estimate of drug-likeness (QED) is 0.845. The molecule has 1 aliphatic heterocycles. The Kier molecular flexibility index (Phi) is 5.07. The van der Waals surface area contributed by atoms with Crippen molar-refractivity contribution in [1.82, 2.24) is 15.2 Å². The number of thiazole rings is 1. The van der Waals surface area contributed by atoms with Gasteiger partial charge < -0.3 is 10.2 Å². The summed E-state index contributed by atoms with van der Waals surface area (Å²) in [6, 6.07) is 5.62. The fourth-order valence-electron chi connectivity index (χ4n) is 3.59. The van der Waals surface area contributed by atoms with Crippen molar-refractivity contribution in [3.05, 3.63) is 46.2 Å². The molecule has 142 valence electrons. The Balaban J connectivity index is 1.39. The van der Waals surface area contributed by atoms with Crippen LogP contribution < -0.4 is 10.6 Å². The number of nitrogens with one attached hydrogen (secondary N) is 2. The molecule has 0 spiro atoms. The number of nitrogens with zero attached hydrogens (tertiary/aromatic N) is 2. The first-order chi connectivity index (χ1) is 13.1. The minimum atomic E-state index is -0.360.